The number of morpholine rings is 1. The predicted octanol–water partition coefficient (Wildman–Crippen LogP) is 2.01. The Labute approximate surface area is 151 Å². The fraction of sp³-hybridized carbons (Fsp3) is 0.650. The van der Waals surface area contributed by atoms with Gasteiger partial charge in [0, 0.05) is 26.2 Å². The lowest BCUT2D eigenvalue weighted by Crippen LogP contribution is -2.49. The van der Waals surface area contributed by atoms with Crippen molar-refractivity contribution in [3.05, 3.63) is 35.4 Å². The van der Waals surface area contributed by atoms with E-state index in [1.54, 1.807) is 0 Å². The minimum atomic E-state index is 0.0464. The lowest BCUT2D eigenvalue weighted by atomic mass is 10.0. The average molecular weight is 345 g/mol. The summed E-state index contributed by atoms with van der Waals surface area (Å²) in [5.41, 5.74) is 2.53. The van der Waals surface area contributed by atoms with E-state index >= 15 is 0 Å². The lowest BCUT2D eigenvalue weighted by Gasteiger charge is -2.33. The smallest absolute Gasteiger partial charge is 0.237 e. The van der Waals surface area contributed by atoms with Crippen LogP contribution in [0.25, 0.3) is 0 Å². The number of hydrogen-bond donors (Lipinski definition) is 1. The van der Waals surface area contributed by atoms with E-state index in [-0.39, 0.29) is 11.9 Å². The molecule has 2 saturated heterocycles. The van der Waals surface area contributed by atoms with Crippen LogP contribution in [0, 0.1) is 0 Å². The van der Waals surface area contributed by atoms with Crippen molar-refractivity contribution in [1.29, 1.82) is 0 Å². The molecule has 1 atom stereocenters. The third-order valence-electron chi connectivity index (χ3n) is 5.39. The number of nitrogens with zero attached hydrogens (tertiary/aromatic N) is 2. The fourth-order valence-corrected chi connectivity index (χ4v) is 3.85. The molecule has 0 bridgehead atoms. The summed E-state index contributed by atoms with van der Waals surface area (Å²) in [7, 11) is 0. The first-order valence-electron chi connectivity index (χ1n) is 9.66. The van der Waals surface area contributed by atoms with Crippen LogP contribution in [0.1, 0.15) is 37.3 Å². The summed E-state index contributed by atoms with van der Waals surface area (Å²) >= 11 is 0. The third-order valence-corrected chi connectivity index (χ3v) is 5.39. The average Bonchev–Trinajstić information content (AvgIpc) is 2.68. The summed E-state index contributed by atoms with van der Waals surface area (Å²) in [4.78, 5) is 17.4. The zero-order valence-corrected chi connectivity index (χ0v) is 15.4. The van der Waals surface area contributed by atoms with E-state index < -0.39 is 0 Å². The van der Waals surface area contributed by atoms with Gasteiger partial charge in [0.2, 0.25) is 5.91 Å². The minimum Gasteiger partial charge on any atom is -0.379 e. The van der Waals surface area contributed by atoms with E-state index in [2.05, 4.69) is 46.3 Å². The highest BCUT2D eigenvalue weighted by Gasteiger charge is 2.27. The number of hydrogen-bond acceptors (Lipinski definition) is 4. The normalized spacial score (nSPS) is 22.7. The molecule has 5 heteroatoms. The van der Waals surface area contributed by atoms with Crippen molar-refractivity contribution in [1.82, 2.24) is 15.1 Å². The molecule has 0 aromatic heterocycles. The van der Waals surface area contributed by atoms with E-state index in [0.717, 1.165) is 58.8 Å². The maximum Gasteiger partial charge on any atom is 0.237 e. The second-order valence-corrected chi connectivity index (χ2v) is 7.02. The Bertz CT molecular complexity index is 558. The molecule has 2 aliphatic heterocycles. The monoisotopic (exact) mass is 345 g/mol. The van der Waals surface area contributed by atoms with Crippen molar-refractivity contribution in [3.63, 3.8) is 0 Å². The summed E-state index contributed by atoms with van der Waals surface area (Å²) in [6.45, 7) is 9.27. The second kappa shape index (κ2) is 9.32. The molecule has 0 spiro atoms. The highest BCUT2D eigenvalue weighted by atomic mass is 16.5. The molecule has 1 amide bonds. The van der Waals surface area contributed by atoms with Crippen molar-refractivity contribution in [2.75, 3.05) is 39.4 Å². The third kappa shape index (κ3) is 5.03. The van der Waals surface area contributed by atoms with Crippen molar-refractivity contribution in [2.24, 2.45) is 0 Å². The molecule has 138 valence electrons. The zero-order chi connectivity index (χ0) is 17.5. The SMILES string of the molecule is CCN1CCCCC1C(=O)NCc1ccccc1CN1CCOCC1. The number of likely N-dealkylation sites (N-methyl/N-ethyl adjacent to an activating group) is 1. The molecular weight excluding hydrogens is 314 g/mol. The van der Waals surface area contributed by atoms with Gasteiger partial charge in [0.05, 0.1) is 19.3 Å². The van der Waals surface area contributed by atoms with Crippen molar-refractivity contribution in [3.8, 4) is 0 Å². The topological polar surface area (TPSA) is 44.8 Å². The molecule has 0 radical (unpaired) electrons. The number of amides is 1. The minimum absolute atomic E-state index is 0.0464. The van der Waals surface area contributed by atoms with E-state index in [1.165, 1.54) is 17.5 Å². The molecule has 1 aromatic rings. The maximum absolute atomic E-state index is 12.7. The Morgan fingerprint density at radius 2 is 1.92 bits per heavy atom. The van der Waals surface area contributed by atoms with Gasteiger partial charge in [0.15, 0.2) is 0 Å². The number of nitrogens with one attached hydrogen (secondary N) is 1. The molecule has 25 heavy (non-hydrogen) atoms. The highest BCUT2D eigenvalue weighted by molar-refractivity contribution is 5.81. The number of rotatable bonds is 6. The molecule has 2 fully saturated rings. The summed E-state index contributed by atoms with van der Waals surface area (Å²) in [6, 6.07) is 8.50. The van der Waals surface area contributed by atoms with Gasteiger partial charge in [-0.2, -0.15) is 0 Å². The van der Waals surface area contributed by atoms with E-state index in [1.807, 2.05) is 0 Å². The van der Waals surface area contributed by atoms with Crippen LogP contribution >= 0.6 is 0 Å². The molecule has 3 rings (SSSR count). The standard InChI is InChI=1S/C20H31N3O2/c1-2-23-10-6-5-9-19(23)20(24)21-15-17-7-3-4-8-18(17)16-22-11-13-25-14-12-22/h3-4,7-8,19H,2,5-6,9-16H2,1H3,(H,21,24). The largest absolute Gasteiger partial charge is 0.379 e. The lowest BCUT2D eigenvalue weighted by molar-refractivity contribution is -0.127. The number of ether oxygens (including phenoxy) is 1. The summed E-state index contributed by atoms with van der Waals surface area (Å²) in [5, 5.41) is 3.19. The quantitative estimate of drug-likeness (QED) is 0.857. The molecule has 2 heterocycles. The van der Waals surface area contributed by atoms with Crippen LogP contribution in [0.2, 0.25) is 0 Å². The van der Waals surface area contributed by atoms with Gasteiger partial charge in [-0.05, 0) is 37.1 Å². The van der Waals surface area contributed by atoms with Crippen LogP contribution in [0.5, 0.6) is 0 Å². The van der Waals surface area contributed by atoms with Crippen LogP contribution < -0.4 is 5.32 Å². The van der Waals surface area contributed by atoms with Crippen molar-refractivity contribution >= 4 is 5.91 Å². The first kappa shape index (κ1) is 18.4. The van der Waals surface area contributed by atoms with Gasteiger partial charge in [0.25, 0.3) is 0 Å². The van der Waals surface area contributed by atoms with E-state index in [9.17, 15) is 4.79 Å². The molecule has 0 aliphatic carbocycles. The molecule has 1 aromatic carbocycles. The zero-order valence-electron chi connectivity index (χ0n) is 15.4. The van der Waals surface area contributed by atoms with Crippen molar-refractivity contribution in [2.45, 2.75) is 45.3 Å². The fourth-order valence-electron chi connectivity index (χ4n) is 3.85. The highest BCUT2D eigenvalue weighted by Crippen LogP contribution is 2.17. The summed E-state index contributed by atoms with van der Waals surface area (Å²) < 4.78 is 5.43. The summed E-state index contributed by atoms with van der Waals surface area (Å²) in [6.07, 6.45) is 3.34. The Balaban J connectivity index is 1.58. The molecule has 2 aliphatic rings. The van der Waals surface area contributed by atoms with Crippen LogP contribution in [0.4, 0.5) is 0 Å². The molecule has 1 N–H and O–H groups in total. The Morgan fingerprint density at radius 1 is 1.16 bits per heavy atom. The van der Waals surface area contributed by atoms with Crippen LogP contribution in [-0.4, -0.2) is 61.1 Å². The Morgan fingerprint density at radius 3 is 2.68 bits per heavy atom. The number of carbonyl (C=O) groups excluding carboxylic acids is 1. The van der Waals surface area contributed by atoms with Crippen molar-refractivity contribution < 1.29 is 9.53 Å². The number of piperidine rings is 1. The van der Waals surface area contributed by atoms with Gasteiger partial charge in [-0.3, -0.25) is 14.6 Å². The molecular formula is C20H31N3O2. The molecule has 1 unspecified atom stereocenters. The molecule has 5 nitrogen and oxygen atoms in total. The predicted molar refractivity (Wildman–Crippen MR) is 99.3 cm³/mol. The first-order valence-corrected chi connectivity index (χ1v) is 9.66. The number of benzene rings is 1. The van der Waals surface area contributed by atoms with Crippen LogP contribution in [0.15, 0.2) is 24.3 Å². The van der Waals surface area contributed by atoms with Gasteiger partial charge in [-0.25, -0.2) is 0 Å². The first-order chi connectivity index (χ1) is 12.3. The van der Waals surface area contributed by atoms with E-state index in [0.29, 0.717) is 6.54 Å². The van der Waals surface area contributed by atoms with Gasteiger partial charge in [-0.15, -0.1) is 0 Å². The maximum atomic E-state index is 12.7. The van der Waals surface area contributed by atoms with Gasteiger partial charge >= 0.3 is 0 Å². The number of carbonyl (C=O) groups is 1. The summed E-state index contributed by atoms with van der Waals surface area (Å²) in [5.74, 6) is 0.183. The Hall–Kier alpha value is -1.43. The van der Waals surface area contributed by atoms with Gasteiger partial charge in [-0.1, -0.05) is 37.6 Å². The van der Waals surface area contributed by atoms with E-state index in [4.69, 9.17) is 4.74 Å². The van der Waals surface area contributed by atoms with Crippen LogP contribution in [-0.2, 0) is 22.6 Å². The molecule has 0 saturated carbocycles. The van der Waals surface area contributed by atoms with Gasteiger partial charge in [0.1, 0.15) is 0 Å². The Kier molecular flexibility index (Phi) is 6.84. The van der Waals surface area contributed by atoms with Crippen LogP contribution in [0.3, 0.4) is 0 Å². The van der Waals surface area contributed by atoms with Gasteiger partial charge < -0.3 is 10.1 Å². The number of likely N-dealkylation sites (tertiary alicyclic amines) is 1. The second-order valence-electron chi connectivity index (χ2n) is 7.02.